The van der Waals surface area contributed by atoms with Gasteiger partial charge in [0.2, 0.25) is 0 Å². The molecule has 1 atom stereocenters. The Morgan fingerprint density at radius 2 is 2.13 bits per heavy atom. The molecule has 1 rings (SSSR count). The number of rotatable bonds is 3. The summed E-state index contributed by atoms with van der Waals surface area (Å²) in [5, 5.41) is 0. The van der Waals surface area contributed by atoms with Crippen molar-refractivity contribution in [3.8, 4) is 0 Å². The van der Waals surface area contributed by atoms with Gasteiger partial charge in [-0.3, -0.25) is 4.98 Å². The van der Waals surface area contributed by atoms with Crippen molar-refractivity contribution in [1.29, 1.82) is 0 Å². The maximum absolute atomic E-state index is 13.3. The second-order valence-electron chi connectivity index (χ2n) is 5.10. The Bertz CT molecular complexity index is 318. The van der Waals surface area contributed by atoms with Crippen LogP contribution in [-0.2, 0) is 0 Å². The minimum atomic E-state index is -0.307. The number of aromatic nitrogens is 1. The Morgan fingerprint density at radius 3 is 2.67 bits per heavy atom. The number of hydrogen-bond donors (Lipinski definition) is 1. The van der Waals surface area contributed by atoms with Crippen LogP contribution >= 0.6 is 0 Å². The van der Waals surface area contributed by atoms with Gasteiger partial charge in [0, 0.05) is 17.8 Å². The monoisotopic (exact) mass is 210 g/mol. The molecule has 0 amide bonds. The number of nitrogens with two attached hydrogens (primary N) is 1. The highest BCUT2D eigenvalue weighted by Gasteiger charge is 2.16. The van der Waals surface area contributed by atoms with E-state index in [1.54, 1.807) is 12.3 Å². The summed E-state index contributed by atoms with van der Waals surface area (Å²) in [5.41, 5.74) is 6.74. The molecule has 1 unspecified atom stereocenters. The second-order valence-corrected chi connectivity index (χ2v) is 5.10. The van der Waals surface area contributed by atoms with Crippen molar-refractivity contribution in [3.05, 3.63) is 29.8 Å². The highest BCUT2D eigenvalue weighted by Crippen LogP contribution is 2.26. The molecule has 0 aliphatic rings. The van der Waals surface area contributed by atoms with E-state index in [1.165, 1.54) is 6.20 Å². The molecular formula is C12H19FN2. The lowest BCUT2D eigenvalue weighted by Gasteiger charge is -2.21. The molecule has 0 saturated carbocycles. The minimum Gasteiger partial charge on any atom is -0.324 e. The maximum atomic E-state index is 13.3. The highest BCUT2D eigenvalue weighted by atomic mass is 19.1. The lowest BCUT2D eigenvalue weighted by Crippen LogP contribution is -2.16. The van der Waals surface area contributed by atoms with Gasteiger partial charge in [-0.05, 0) is 24.3 Å². The zero-order valence-electron chi connectivity index (χ0n) is 9.63. The van der Waals surface area contributed by atoms with E-state index in [2.05, 4.69) is 25.8 Å². The van der Waals surface area contributed by atoms with Crippen molar-refractivity contribution in [2.45, 2.75) is 39.7 Å². The van der Waals surface area contributed by atoms with E-state index in [9.17, 15) is 4.39 Å². The molecule has 1 aromatic rings. The molecule has 15 heavy (non-hydrogen) atoms. The molecule has 84 valence electrons. The Labute approximate surface area is 90.7 Å². The molecule has 1 heterocycles. The van der Waals surface area contributed by atoms with Gasteiger partial charge in [0.15, 0.2) is 0 Å². The smallest absolute Gasteiger partial charge is 0.146 e. The predicted molar refractivity (Wildman–Crippen MR) is 59.8 cm³/mol. The Hall–Kier alpha value is -0.960. The molecule has 3 heteroatoms. The van der Waals surface area contributed by atoms with Crippen LogP contribution in [0.15, 0.2) is 18.5 Å². The van der Waals surface area contributed by atoms with Gasteiger partial charge in [-0.2, -0.15) is 0 Å². The van der Waals surface area contributed by atoms with Crippen molar-refractivity contribution < 1.29 is 4.39 Å². The molecule has 0 aliphatic heterocycles. The third kappa shape index (κ3) is 3.96. The zero-order valence-corrected chi connectivity index (χ0v) is 9.63. The van der Waals surface area contributed by atoms with Crippen LogP contribution in [0.3, 0.4) is 0 Å². The van der Waals surface area contributed by atoms with Crippen molar-refractivity contribution >= 4 is 0 Å². The van der Waals surface area contributed by atoms with Crippen LogP contribution in [0.25, 0.3) is 0 Å². The molecular weight excluding hydrogens is 191 g/mol. The lowest BCUT2D eigenvalue weighted by atomic mass is 9.87. The first kappa shape index (κ1) is 12.1. The van der Waals surface area contributed by atoms with Gasteiger partial charge in [-0.1, -0.05) is 20.8 Å². The maximum Gasteiger partial charge on any atom is 0.146 e. The predicted octanol–water partition coefficient (Wildman–Crippen LogP) is 3.05. The number of pyridine rings is 1. The molecule has 2 nitrogen and oxygen atoms in total. The van der Waals surface area contributed by atoms with Crippen LogP contribution in [-0.4, -0.2) is 4.98 Å². The summed E-state index contributed by atoms with van der Waals surface area (Å²) in [4.78, 5) is 3.71. The van der Waals surface area contributed by atoms with Gasteiger partial charge < -0.3 is 5.73 Å². The molecule has 0 aromatic carbocycles. The van der Waals surface area contributed by atoms with Crippen molar-refractivity contribution in [2.75, 3.05) is 0 Å². The molecule has 0 aliphatic carbocycles. The molecule has 0 radical (unpaired) electrons. The van der Waals surface area contributed by atoms with E-state index in [0.29, 0.717) is 5.56 Å². The van der Waals surface area contributed by atoms with E-state index in [1.807, 2.05) is 0 Å². The first-order valence-corrected chi connectivity index (χ1v) is 5.25. The third-order valence-corrected chi connectivity index (χ3v) is 2.41. The van der Waals surface area contributed by atoms with Gasteiger partial charge in [0.1, 0.15) is 5.82 Å². The van der Waals surface area contributed by atoms with Crippen molar-refractivity contribution in [1.82, 2.24) is 4.98 Å². The molecule has 0 bridgehead atoms. The average molecular weight is 210 g/mol. The summed E-state index contributed by atoms with van der Waals surface area (Å²) in [6.07, 6.45) is 4.57. The summed E-state index contributed by atoms with van der Waals surface area (Å²) in [7, 11) is 0. The topological polar surface area (TPSA) is 38.9 Å². The fourth-order valence-electron chi connectivity index (χ4n) is 1.43. The van der Waals surface area contributed by atoms with Crippen LogP contribution in [0, 0.1) is 11.2 Å². The average Bonchev–Trinajstić information content (AvgIpc) is 2.14. The van der Waals surface area contributed by atoms with Crippen molar-refractivity contribution in [2.24, 2.45) is 11.1 Å². The van der Waals surface area contributed by atoms with E-state index in [4.69, 9.17) is 5.73 Å². The summed E-state index contributed by atoms with van der Waals surface area (Å²) in [6, 6.07) is 1.43. The van der Waals surface area contributed by atoms with E-state index < -0.39 is 0 Å². The summed E-state index contributed by atoms with van der Waals surface area (Å²) < 4.78 is 13.3. The molecule has 0 fully saturated rings. The van der Waals surface area contributed by atoms with Gasteiger partial charge in [-0.25, -0.2) is 4.39 Å². The third-order valence-electron chi connectivity index (χ3n) is 2.41. The SMILES string of the molecule is CC(C)(C)CCC(N)c1ccncc1F. The fourth-order valence-corrected chi connectivity index (χ4v) is 1.43. The van der Waals surface area contributed by atoms with Crippen LogP contribution in [0.2, 0.25) is 0 Å². The Kier molecular flexibility index (Phi) is 3.80. The molecule has 0 saturated heterocycles. The van der Waals surface area contributed by atoms with Gasteiger partial charge in [-0.15, -0.1) is 0 Å². The fraction of sp³-hybridized carbons (Fsp3) is 0.583. The first-order valence-electron chi connectivity index (χ1n) is 5.25. The summed E-state index contributed by atoms with van der Waals surface area (Å²) >= 11 is 0. The summed E-state index contributed by atoms with van der Waals surface area (Å²) in [5.74, 6) is -0.307. The summed E-state index contributed by atoms with van der Waals surface area (Å²) in [6.45, 7) is 6.47. The Morgan fingerprint density at radius 1 is 1.47 bits per heavy atom. The Balaban J connectivity index is 2.62. The number of hydrogen-bond acceptors (Lipinski definition) is 2. The van der Waals surface area contributed by atoms with Crippen LogP contribution in [0.1, 0.15) is 45.2 Å². The van der Waals surface area contributed by atoms with Gasteiger partial charge in [0.25, 0.3) is 0 Å². The standard InChI is InChI=1S/C12H19FN2/c1-12(2,3)6-4-11(14)9-5-7-15-8-10(9)13/h5,7-8,11H,4,6,14H2,1-3H3. The van der Waals surface area contributed by atoms with E-state index >= 15 is 0 Å². The van der Waals surface area contributed by atoms with Crippen LogP contribution < -0.4 is 5.73 Å². The van der Waals surface area contributed by atoms with Crippen LogP contribution in [0.5, 0.6) is 0 Å². The highest BCUT2D eigenvalue weighted by molar-refractivity contribution is 5.16. The zero-order chi connectivity index (χ0) is 11.5. The normalized spacial score (nSPS) is 13.9. The van der Waals surface area contributed by atoms with Crippen LogP contribution in [0.4, 0.5) is 4.39 Å². The van der Waals surface area contributed by atoms with Gasteiger partial charge in [0.05, 0.1) is 6.20 Å². The van der Waals surface area contributed by atoms with Gasteiger partial charge >= 0.3 is 0 Å². The number of nitrogens with zero attached hydrogens (tertiary/aromatic N) is 1. The van der Waals surface area contributed by atoms with E-state index in [-0.39, 0.29) is 17.3 Å². The quantitative estimate of drug-likeness (QED) is 0.832. The first-order chi connectivity index (χ1) is 6.90. The molecule has 1 aromatic heterocycles. The van der Waals surface area contributed by atoms with Crippen molar-refractivity contribution in [3.63, 3.8) is 0 Å². The second kappa shape index (κ2) is 4.71. The molecule has 0 spiro atoms. The number of halogens is 1. The lowest BCUT2D eigenvalue weighted by molar-refractivity contribution is 0.347. The largest absolute Gasteiger partial charge is 0.324 e. The van der Waals surface area contributed by atoms with E-state index in [0.717, 1.165) is 12.8 Å². The molecule has 2 N–H and O–H groups in total. The minimum absolute atomic E-state index is 0.229.